The molecule has 0 bridgehead atoms. The zero-order valence-electron chi connectivity index (χ0n) is 16.5. The molecule has 7 nitrogen and oxygen atoms in total. The van der Waals surface area contributed by atoms with Crippen LogP contribution in [0.5, 0.6) is 0 Å². The van der Waals surface area contributed by atoms with Crippen molar-refractivity contribution in [3.8, 4) is 0 Å². The Labute approximate surface area is 183 Å². The second-order valence-electron chi connectivity index (χ2n) is 6.40. The van der Waals surface area contributed by atoms with E-state index in [2.05, 4.69) is 27.9 Å². The number of hydrogen-bond donors (Lipinski definition) is 4. The predicted octanol–water partition coefficient (Wildman–Crippen LogP) is 2.86. The van der Waals surface area contributed by atoms with Crippen molar-refractivity contribution < 1.29 is 14.3 Å². The molecule has 0 radical (unpaired) electrons. The van der Waals surface area contributed by atoms with Crippen molar-refractivity contribution in [1.29, 1.82) is 0 Å². The molecule has 1 heterocycles. The summed E-state index contributed by atoms with van der Waals surface area (Å²) in [5, 5.41) is 19.4. The van der Waals surface area contributed by atoms with Crippen LogP contribution in [0.4, 0.5) is 5.69 Å². The highest BCUT2D eigenvalue weighted by Crippen LogP contribution is 2.19. The molecule has 4 N–H and O–H groups in total. The summed E-state index contributed by atoms with van der Waals surface area (Å²) in [7, 11) is 0. The van der Waals surface area contributed by atoms with Crippen molar-refractivity contribution >= 4 is 41.5 Å². The second kappa shape index (κ2) is 11.7. The number of halogens is 1. The standard InChI is InChI=1S/C20H28N4O3.HI/c1-4-15-8-6-9-16(12-15)24-18(25)13-22-19(21-5-2)23-14-20(3,26)17-10-7-11-27-17;/h6-12,26H,4-5,13-14H2,1-3H3,(H,24,25)(H2,21,22,23);1H. The van der Waals surface area contributed by atoms with Crippen molar-refractivity contribution in [3.63, 3.8) is 0 Å². The molecule has 0 spiro atoms. The number of nitrogens with zero attached hydrogens (tertiary/aromatic N) is 1. The largest absolute Gasteiger partial charge is 0.466 e. The van der Waals surface area contributed by atoms with E-state index in [1.165, 1.54) is 6.26 Å². The summed E-state index contributed by atoms with van der Waals surface area (Å²) in [4.78, 5) is 16.4. The number of furan rings is 1. The molecule has 0 saturated carbocycles. The van der Waals surface area contributed by atoms with Crippen LogP contribution in [0.25, 0.3) is 0 Å². The third-order valence-corrected chi connectivity index (χ3v) is 4.00. The van der Waals surface area contributed by atoms with Gasteiger partial charge in [-0.2, -0.15) is 0 Å². The van der Waals surface area contributed by atoms with Crippen molar-refractivity contribution in [3.05, 3.63) is 54.0 Å². The van der Waals surface area contributed by atoms with E-state index in [4.69, 9.17) is 4.42 Å². The van der Waals surface area contributed by atoms with Crippen LogP contribution in [-0.2, 0) is 16.8 Å². The molecular formula is C20H29IN4O3. The molecule has 28 heavy (non-hydrogen) atoms. The van der Waals surface area contributed by atoms with Gasteiger partial charge >= 0.3 is 0 Å². The molecule has 0 aliphatic carbocycles. The third-order valence-electron chi connectivity index (χ3n) is 4.00. The summed E-state index contributed by atoms with van der Waals surface area (Å²) >= 11 is 0. The zero-order chi connectivity index (χ0) is 19.7. The van der Waals surface area contributed by atoms with E-state index >= 15 is 0 Å². The fourth-order valence-electron chi connectivity index (χ4n) is 2.49. The van der Waals surface area contributed by atoms with E-state index in [1.807, 2.05) is 31.2 Å². The number of guanidine groups is 1. The number of anilines is 1. The number of amides is 1. The van der Waals surface area contributed by atoms with Crippen LogP contribution in [0.15, 0.2) is 52.1 Å². The van der Waals surface area contributed by atoms with Crippen molar-refractivity contribution in [1.82, 2.24) is 10.6 Å². The lowest BCUT2D eigenvalue weighted by Gasteiger charge is -2.22. The minimum Gasteiger partial charge on any atom is -0.466 e. The summed E-state index contributed by atoms with van der Waals surface area (Å²) in [5.74, 6) is 0.694. The molecule has 154 valence electrons. The highest BCUT2D eigenvalue weighted by molar-refractivity contribution is 14.0. The highest BCUT2D eigenvalue weighted by Gasteiger charge is 2.26. The van der Waals surface area contributed by atoms with E-state index in [0.717, 1.165) is 17.7 Å². The van der Waals surface area contributed by atoms with Crippen molar-refractivity contribution in [2.45, 2.75) is 32.8 Å². The molecule has 1 unspecified atom stereocenters. The Kier molecular flexibility index (Phi) is 10.0. The number of carbonyl (C=O) groups excluding carboxylic acids is 1. The van der Waals surface area contributed by atoms with E-state index < -0.39 is 5.60 Å². The highest BCUT2D eigenvalue weighted by atomic mass is 127. The van der Waals surface area contributed by atoms with E-state index in [-0.39, 0.29) is 43.0 Å². The maximum atomic E-state index is 12.2. The fraction of sp³-hybridized carbons (Fsp3) is 0.400. The average Bonchev–Trinajstić information content (AvgIpc) is 3.20. The molecule has 0 saturated heterocycles. The van der Waals surface area contributed by atoms with Gasteiger partial charge in [-0.1, -0.05) is 19.1 Å². The molecular weight excluding hydrogens is 471 g/mol. The van der Waals surface area contributed by atoms with Gasteiger partial charge in [-0.05, 0) is 50.1 Å². The number of aryl methyl sites for hydroxylation is 1. The second-order valence-corrected chi connectivity index (χ2v) is 6.40. The lowest BCUT2D eigenvalue weighted by atomic mass is 10.0. The Morgan fingerprint density at radius 2 is 2.00 bits per heavy atom. The van der Waals surface area contributed by atoms with Gasteiger partial charge in [-0.3, -0.25) is 4.79 Å². The van der Waals surface area contributed by atoms with Crippen LogP contribution in [0.2, 0.25) is 0 Å². The van der Waals surface area contributed by atoms with E-state index in [0.29, 0.717) is 18.3 Å². The minimum absolute atomic E-state index is 0. The summed E-state index contributed by atoms with van der Waals surface area (Å²) in [6.07, 6.45) is 2.42. The minimum atomic E-state index is -1.19. The van der Waals surface area contributed by atoms with Gasteiger partial charge in [0, 0.05) is 12.2 Å². The number of nitrogens with one attached hydrogen (secondary N) is 3. The number of carbonyl (C=O) groups is 1. The number of aliphatic imine (C=N–C) groups is 1. The van der Waals surface area contributed by atoms with Crippen LogP contribution in [0.3, 0.4) is 0 Å². The molecule has 0 fully saturated rings. The number of benzene rings is 1. The van der Waals surface area contributed by atoms with E-state index in [9.17, 15) is 9.90 Å². The van der Waals surface area contributed by atoms with Crippen LogP contribution in [0, 0.1) is 0 Å². The summed E-state index contributed by atoms with van der Waals surface area (Å²) in [5.41, 5.74) is 0.724. The number of aliphatic hydroxyl groups is 1. The van der Waals surface area contributed by atoms with Crippen LogP contribution in [-0.4, -0.2) is 36.6 Å². The predicted molar refractivity (Wildman–Crippen MR) is 122 cm³/mol. The van der Waals surface area contributed by atoms with Gasteiger partial charge in [0.15, 0.2) is 5.96 Å². The molecule has 8 heteroatoms. The van der Waals surface area contributed by atoms with Gasteiger partial charge in [-0.25, -0.2) is 4.99 Å². The van der Waals surface area contributed by atoms with Gasteiger partial charge in [-0.15, -0.1) is 24.0 Å². The van der Waals surface area contributed by atoms with E-state index in [1.54, 1.807) is 19.1 Å². The monoisotopic (exact) mass is 500 g/mol. The quantitative estimate of drug-likeness (QED) is 0.254. The van der Waals surface area contributed by atoms with Crippen molar-refractivity contribution in [2.24, 2.45) is 4.99 Å². The maximum Gasteiger partial charge on any atom is 0.246 e. The van der Waals surface area contributed by atoms with Gasteiger partial charge in [0.05, 0.1) is 12.8 Å². The first kappa shape index (κ1) is 24.0. The number of hydrogen-bond acceptors (Lipinski definition) is 4. The summed E-state index contributed by atoms with van der Waals surface area (Å²) in [6.45, 7) is 6.43. The summed E-state index contributed by atoms with van der Waals surface area (Å²) < 4.78 is 5.26. The van der Waals surface area contributed by atoms with Crippen LogP contribution < -0.4 is 16.0 Å². The smallest absolute Gasteiger partial charge is 0.246 e. The Bertz CT molecular complexity index is 761. The first-order valence-corrected chi connectivity index (χ1v) is 9.12. The first-order chi connectivity index (χ1) is 12.9. The molecule has 1 aromatic carbocycles. The van der Waals surface area contributed by atoms with Gasteiger partial charge in [0.2, 0.25) is 5.91 Å². The van der Waals surface area contributed by atoms with Gasteiger partial charge < -0.3 is 25.5 Å². The molecule has 0 aliphatic rings. The topological polar surface area (TPSA) is 98.9 Å². The van der Waals surface area contributed by atoms with Gasteiger partial charge in [0.1, 0.15) is 17.9 Å². The molecule has 2 aromatic rings. The zero-order valence-corrected chi connectivity index (χ0v) is 18.8. The van der Waals surface area contributed by atoms with Crippen molar-refractivity contribution in [2.75, 3.05) is 25.0 Å². The SMILES string of the molecule is CCNC(=NCC(=O)Nc1cccc(CC)c1)NCC(C)(O)c1ccco1.I. The summed E-state index contributed by atoms with van der Waals surface area (Å²) in [6, 6.07) is 11.2. The maximum absolute atomic E-state index is 12.2. The van der Waals surface area contributed by atoms with Crippen LogP contribution >= 0.6 is 24.0 Å². The Morgan fingerprint density at radius 3 is 2.64 bits per heavy atom. The third kappa shape index (κ3) is 7.51. The Morgan fingerprint density at radius 1 is 1.21 bits per heavy atom. The lowest BCUT2D eigenvalue weighted by molar-refractivity contribution is -0.114. The molecule has 2 rings (SSSR count). The molecule has 0 aliphatic heterocycles. The molecule has 1 atom stereocenters. The normalized spacial score (nSPS) is 13.2. The Balaban J connectivity index is 0.00000392. The lowest BCUT2D eigenvalue weighted by Crippen LogP contribution is -2.44. The number of rotatable bonds is 8. The fourth-order valence-corrected chi connectivity index (χ4v) is 2.49. The van der Waals surface area contributed by atoms with Gasteiger partial charge in [0.25, 0.3) is 0 Å². The first-order valence-electron chi connectivity index (χ1n) is 9.12. The van der Waals surface area contributed by atoms with Crippen LogP contribution in [0.1, 0.15) is 32.1 Å². The Hall–Kier alpha value is -2.07. The molecule has 1 aromatic heterocycles. The average molecular weight is 500 g/mol. The molecule has 1 amide bonds.